The lowest BCUT2D eigenvalue weighted by atomic mass is 10.0. The molecule has 0 heterocycles. The summed E-state index contributed by atoms with van der Waals surface area (Å²) >= 11 is 0. The van der Waals surface area contributed by atoms with Gasteiger partial charge >= 0.3 is 0 Å². The number of carbonyl (C=O) groups is 1. The fourth-order valence-corrected chi connectivity index (χ4v) is 2.44. The third-order valence-electron chi connectivity index (χ3n) is 3.74. The summed E-state index contributed by atoms with van der Waals surface area (Å²) in [6.07, 6.45) is 4.27. The van der Waals surface area contributed by atoms with E-state index in [4.69, 9.17) is 5.73 Å². The average molecular weight is 260 g/mol. The van der Waals surface area contributed by atoms with Gasteiger partial charge in [-0.1, -0.05) is 32.4 Å². The van der Waals surface area contributed by atoms with E-state index < -0.39 is 0 Å². The third-order valence-corrected chi connectivity index (χ3v) is 3.74. The summed E-state index contributed by atoms with van der Waals surface area (Å²) < 4.78 is 0. The number of rotatable bonds is 6. The molecule has 1 aromatic rings. The van der Waals surface area contributed by atoms with Gasteiger partial charge in [0.15, 0.2) is 0 Å². The van der Waals surface area contributed by atoms with Crippen LogP contribution in [0, 0.1) is 5.92 Å². The molecule has 0 aromatic heterocycles. The lowest BCUT2D eigenvalue weighted by molar-refractivity contribution is -0.122. The van der Waals surface area contributed by atoms with Gasteiger partial charge in [-0.2, -0.15) is 0 Å². The summed E-state index contributed by atoms with van der Waals surface area (Å²) in [5.74, 6) is 0.379. The summed E-state index contributed by atoms with van der Waals surface area (Å²) in [6.45, 7) is 4.71. The van der Waals surface area contributed by atoms with Gasteiger partial charge in [-0.15, -0.1) is 0 Å². The molecule has 1 saturated carbocycles. The summed E-state index contributed by atoms with van der Waals surface area (Å²) in [7, 11) is 0. The molecule has 0 spiro atoms. The molecule has 1 aromatic carbocycles. The fraction of sp³-hybridized carbons (Fsp3) is 0.562. The van der Waals surface area contributed by atoms with Crippen LogP contribution in [0.25, 0.3) is 0 Å². The van der Waals surface area contributed by atoms with Crippen LogP contribution in [-0.2, 0) is 11.3 Å². The van der Waals surface area contributed by atoms with Crippen molar-refractivity contribution in [3.8, 4) is 0 Å². The van der Waals surface area contributed by atoms with E-state index in [1.807, 2.05) is 36.1 Å². The Bertz CT molecular complexity index is 423. The molecule has 1 atom stereocenters. The van der Waals surface area contributed by atoms with Gasteiger partial charge in [-0.3, -0.25) is 4.79 Å². The zero-order chi connectivity index (χ0) is 13.8. The molecule has 1 aliphatic rings. The first-order chi connectivity index (χ1) is 9.17. The smallest absolute Gasteiger partial charge is 0.230 e. The number of hydrogen-bond acceptors (Lipinski definition) is 2. The maximum atomic E-state index is 12.6. The molecule has 1 fully saturated rings. The first-order valence-electron chi connectivity index (χ1n) is 7.29. The second kappa shape index (κ2) is 6.20. The van der Waals surface area contributed by atoms with Crippen LogP contribution in [0.15, 0.2) is 24.3 Å². The standard InChI is InChI=1S/C16H24N2O/c1-3-4-12(2)16(19)18(15-9-10-15)14-7-5-13(11-17)6-8-14/h5-8,12,15H,3-4,9-11,17H2,1-2H3. The normalized spacial score (nSPS) is 16.2. The Morgan fingerprint density at radius 1 is 1.37 bits per heavy atom. The van der Waals surface area contributed by atoms with Crippen LogP contribution in [-0.4, -0.2) is 11.9 Å². The van der Waals surface area contributed by atoms with E-state index in [-0.39, 0.29) is 11.8 Å². The van der Waals surface area contributed by atoms with Crippen LogP contribution in [0.1, 0.15) is 45.1 Å². The van der Waals surface area contributed by atoms with Crippen molar-refractivity contribution in [3.63, 3.8) is 0 Å². The van der Waals surface area contributed by atoms with Crippen molar-refractivity contribution in [1.82, 2.24) is 0 Å². The Kier molecular flexibility index (Phi) is 4.59. The van der Waals surface area contributed by atoms with Crippen LogP contribution in [0.2, 0.25) is 0 Å². The average Bonchev–Trinajstić information content (AvgIpc) is 3.24. The van der Waals surface area contributed by atoms with Crippen molar-refractivity contribution < 1.29 is 4.79 Å². The summed E-state index contributed by atoms with van der Waals surface area (Å²) in [5, 5.41) is 0. The number of nitrogens with zero attached hydrogens (tertiary/aromatic N) is 1. The number of nitrogens with two attached hydrogens (primary N) is 1. The minimum absolute atomic E-state index is 0.111. The Balaban J connectivity index is 2.17. The highest BCUT2D eigenvalue weighted by Crippen LogP contribution is 2.33. The Morgan fingerprint density at radius 3 is 2.47 bits per heavy atom. The highest BCUT2D eigenvalue weighted by atomic mass is 16.2. The highest BCUT2D eigenvalue weighted by molar-refractivity contribution is 5.95. The van der Waals surface area contributed by atoms with E-state index in [9.17, 15) is 4.79 Å². The number of benzene rings is 1. The quantitative estimate of drug-likeness (QED) is 0.854. The number of anilines is 1. The molecule has 104 valence electrons. The molecular weight excluding hydrogens is 236 g/mol. The lowest BCUT2D eigenvalue weighted by Gasteiger charge is -2.26. The van der Waals surface area contributed by atoms with Crippen molar-refractivity contribution in [2.45, 2.75) is 52.1 Å². The molecule has 0 bridgehead atoms. The molecule has 19 heavy (non-hydrogen) atoms. The predicted molar refractivity (Wildman–Crippen MR) is 78.9 cm³/mol. The van der Waals surface area contributed by atoms with E-state index >= 15 is 0 Å². The molecule has 3 nitrogen and oxygen atoms in total. The molecule has 2 rings (SSSR count). The second-order valence-electron chi connectivity index (χ2n) is 5.50. The monoisotopic (exact) mass is 260 g/mol. The number of amides is 1. The fourth-order valence-electron chi connectivity index (χ4n) is 2.44. The highest BCUT2D eigenvalue weighted by Gasteiger charge is 2.35. The molecule has 2 N–H and O–H groups in total. The largest absolute Gasteiger partial charge is 0.326 e. The third kappa shape index (κ3) is 3.35. The molecule has 1 amide bonds. The molecule has 3 heteroatoms. The molecule has 0 aliphatic heterocycles. The first kappa shape index (κ1) is 14.1. The van der Waals surface area contributed by atoms with Crippen LogP contribution >= 0.6 is 0 Å². The van der Waals surface area contributed by atoms with Gasteiger partial charge < -0.3 is 10.6 Å². The Hall–Kier alpha value is -1.35. The second-order valence-corrected chi connectivity index (χ2v) is 5.50. The SMILES string of the molecule is CCCC(C)C(=O)N(c1ccc(CN)cc1)C1CC1. The summed E-state index contributed by atoms with van der Waals surface area (Å²) in [5.41, 5.74) is 7.74. The van der Waals surface area contributed by atoms with E-state index in [1.165, 1.54) is 0 Å². The predicted octanol–water partition coefficient (Wildman–Crippen LogP) is 3.08. The van der Waals surface area contributed by atoms with E-state index in [0.717, 1.165) is 36.9 Å². The Morgan fingerprint density at radius 2 is 2.00 bits per heavy atom. The van der Waals surface area contributed by atoms with Gasteiger partial charge in [0.1, 0.15) is 0 Å². The lowest BCUT2D eigenvalue weighted by Crippen LogP contribution is -2.37. The van der Waals surface area contributed by atoms with Crippen molar-refractivity contribution in [2.24, 2.45) is 11.7 Å². The van der Waals surface area contributed by atoms with Gasteiger partial charge in [0, 0.05) is 24.2 Å². The van der Waals surface area contributed by atoms with E-state index in [1.54, 1.807) is 0 Å². The minimum Gasteiger partial charge on any atom is -0.326 e. The van der Waals surface area contributed by atoms with Crippen molar-refractivity contribution in [3.05, 3.63) is 29.8 Å². The van der Waals surface area contributed by atoms with Crippen LogP contribution < -0.4 is 10.6 Å². The van der Waals surface area contributed by atoms with Gasteiger partial charge in [-0.25, -0.2) is 0 Å². The zero-order valence-corrected chi connectivity index (χ0v) is 11.9. The van der Waals surface area contributed by atoms with Crippen LogP contribution in [0.3, 0.4) is 0 Å². The van der Waals surface area contributed by atoms with Crippen LogP contribution in [0.5, 0.6) is 0 Å². The van der Waals surface area contributed by atoms with Gasteiger partial charge in [-0.05, 0) is 37.0 Å². The van der Waals surface area contributed by atoms with Crippen molar-refractivity contribution in [2.75, 3.05) is 4.90 Å². The first-order valence-corrected chi connectivity index (χ1v) is 7.29. The molecule has 0 saturated heterocycles. The number of carbonyl (C=O) groups excluding carboxylic acids is 1. The van der Waals surface area contributed by atoms with Gasteiger partial charge in [0.2, 0.25) is 5.91 Å². The summed E-state index contributed by atoms with van der Waals surface area (Å²) in [4.78, 5) is 14.6. The maximum Gasteiger partial charge on any atom is 0.230 e. The Labute approximate surface area is 115 Å². The zero-order valence-electron chi connectivity index (χ0n) is 11.9. The topological polar surface area (TPSA) is 46.3 Å². The van der Waals surface area contributed by atoms with Crippen molar-refractivity contribution >= 4 is 11.6 Å². The van der Waals surface area contributed by atoms with Gasteiger partial charge in [0.25, 0.3) is 0 Å². The molecular formula is C16H24N2O. The van der Waals surface area contributed by atoms with Crippen LogP contribution in [0.4, 0.5) is 5.69 Å². The molecule has 1 unspecified atom stereocenters. The number of hydrogen-bond donors (Lipinski definition) is 1. The molecule has 0 radical (unpaired) electrons. The summed E-state index contributed by atoms with van der Waals surface area (Å²) in [6, 6.07) is 8.49. The maximum absolute atomic E-state index is 12.6. The van der Waals surface area contributed by atoms with Crippen molar-refractivity contribution in [1.29, 1.82) is 0 Å². The molecule has 1 aliphatic carbocycles. The minimum atomic E-state index is 0.111. The van der Waals surface area contributed by atoms with E-state index in [2.05, 4.69) is 6.92 Å². The van der Waals surface area contributed by atoms with E-state index in [0.29, 0.717) is 12.6 Å². The van der Waals surface area contributed by atoms with Gasteiger partial charge in [0.05, 0.1) is 0 Å².